The lowest BCUT2D eigenvalue weighted by Gasteiger charge is -2.15. The second kappa shape index (κ2) is 12.9. The molecule has 0 unspecified atom stereocenters. The fourth-order valence-corrected chi connectivity index (χ4v) is 2.42. The molecule has 2 aromatic rings. The molecule has 0 saturated carbocycles. The van der Waals surface area contributed by atoms with Gasteiger partial charge in [-0.2, -0.15) is 0 Å². The Labute approximate surface area is 193 Å². The van der Waals surface area contributed by atoms with Crippen molar-refractivity contribution in [2.45, 2.75) is 13.1 Å². The number of guanidine groups is 1. The second-order valence-electron chi connectivity index (χ2n) is 6.51. The quantitative estimate of drug-likeness (QED) is 0.312. The van der Waals surface area contributed by atoms with Crippen LogP contribution in [-0.4, -0.2) is 51.6 Å². The molecule has 1 amide bonds. The molecule has 0 fully saturated rings. The molecule has 0 aromatic heterocycles. The molecule has 9 heteroatoms. The van der Waals surface area contributed by atoms with Crippen LogP contribution in [0.2, 0.25) is 0 Å². The first kappa shape index (κ1) is 25.5. The molecule has 0 heterocycles. The van der Waals surface area contributed by atoms with E-state index in [1.54, 1.807) is 27.3 Å². The van der Waals surface area contributed by atoms with Gasteiger partial charge in [0.1, 0.15) is 17.3 Å². The van der Waals surface area contributed by atoms with Crippen LogP contribution in [-0.2, 0) is 17.9 Å². The van der Waals surface area contributed by atoms with Crippen LogP contribution in [0.5, 0.6) is 11.5 Å². The van der Waals surface area contributed by atoms with Crippen molar-refractivity contribution in [3.05, 3.63) is 59.4 Å². The number of methoxy groups -OCH3 is 2. The summed E-state index contributed by atoms with van der Waals surface area (Å²) in [4.78, 5) is 17.9. The smallest absolute Gasteiger partial charge is 0.241 e. The van der Waals surface area contributed by atoms with Crippen LogP contribution in [0.1, 0.15) is 11.1 Å². The third kappa shape index (κ3) is 8.44. The first-order valence-corrected chi connectivity index (χ1v) is 9.10. The van der Waals surface area contributed by atoms with Crippen molar-refractivity contribution in [2.75, 3.05) is 34.9 Å². The Bertz CT molecular complexity index is 845. The molecule has 0 spiro atoms. The van der Waals surface area contributed by atoms with Gasteiger partial charge in [-0.1, -0.05) is 12.1 Å². The Morgan fingerprint density at radius 2 is 1.67 bits per heavy atom. The lowest BCUT2D eigenvalue weighted by Crippen LogP contribution is -2.42. The van der Waals surface area contributed by atoms with E-state index in [-0.39, 0.29) is 43.0 Å². The van der Waals surface area contributed by atoms with Gasteiger partial charge in [-0.3, -0.25) is 4.79 Å². The standard InChI is InChI=1S/C21H27FN4O3.HI/c1-26(2)20(27)14-25-21(23-12-15-5-7-18(28-3)8-6-15)24-13-16-9-17(22)11-19(10-16)29-4;/h5-11H,12-14H2,1-4H3,(H2,23,24,25);1H. The minimum atomic E-state index is -0.391. The molecule has 0 saturated heterocycles. The maximum absolute atomic E-state index is 13.7. The molecular formula is C21H28FIN4O3. The van der Waals surface area contributed by atoms with E-state index in [0.717, 1.165) is 11.3 Å². The SMILES string of the molecule is COc1ccc(CNC(=NCc2cc(F)cc(OC)c2)NCC(=O)N(C)C)cc1.I. The zero-order valence-corrected chi connectivity index (χ0v) is 19.9. The van der Waals surface area contributed by atoms with E-state index in [1.807, 2.05) is 24.3 Å². The van der Waals surface area contributed by atoms with E-state index in [4.69, 9.17) is 9.47 Å². The molecule has 164 valence electrons. The highest BCUT2D eigenvalue weighted by atomic mass is 127. The summed E-state index contributed by atoms with van der Waals surface area (Å²) in [7, 11) is 6.47. The lowest BCUT2D eigenvalue weighted by molar-refractivity contribution is -0.127. The fourth-order valence-electron chi connectivity index (χ4n) is 2.42. The summed E-state index contributed by atoms with van der Waals surface area (Å²) in [5.74, 6) is 1.17. The number of aliphatic imine (C=N–C) groups is 1. The molecule has 0 aliphatic heterocycles. The largest absolute Gasteiger partial charge is 0.497 e. The van der Waals surface area contributed by atoms with E-state index >= 15 is 0 Å². The van der Waals surface area contributed by atoms with E-state index in [0.29, 0.717) is 23.8 Å². The van der Waals surface area contributed by atoms with Crippen LogP contribution in [0.15, 0.2) is 47.5 Å². The highest BCUT2D eigenvalue weighted by molar-refractivity contribution is 14.0. The van der Waals surface area contributed by atoms with Crippen LogP contribution in [0, 0.1) is 5.82 Å². The predicted molar refractivity (Wildman–Crippen MR) is 126 cm³/mol. The molecule has 30 heavy (non-hydrogen) atoms. The Balaban J connectivity index is 0.00000450. The van der Waals surface area contributed by atoms with Crippen molar-refractivity contribution < 1.29 is 18.7 Å². The number of carbonyl (C=O) groups is 1. The van der Waals surface area contributed by atoms with Gasteiger partial charge in [0.2, 0.25) is 5.91 Å². The minimum Gasteiger partial charge on any atom is -0.497 e. The van der Waals surface area contributed by atoms with Gasteiger partial charge in [-0.05, 0) is 35.4 Å². The average Bonchev–Trinajstić information content (AvgIpc) is 2.72. The summed E-state index contributed by atoms with van der Waals surface area (Å²) < 4.78 is 23.9. The molecule has 2 N–H and O–H groups in total. The highest BCUT2D eigenvalue weighted by Crippen LogP contribution is 2.16. The Morgan fingerprint density at radius 3 is 2.27 bits per heavy atom. The number of rotatable bonds is 8. The van der Waals surface area contributed by atoms with Gasteiger partial charge >= 0.3 is 0 Å². The molecule has 0 bridgehead atoms. The summed E-state index contributed by atoms with van der Waals surface area (Å²) in [5.41, 5.74) is 1.68. The zero-order chi connectivity index (χ0) is 21.2. The number of hydrogen-bond acceptors (Lipinski definition) is 4. The summed E-state index contributed by atoms with van der Waals surface area (Å²) in [6.07, 6.45) is 0. The summed E-state index contributed by atoms with van der Waals surface area (Å²) in [6, 6.07) is 12.0. The molecular weight excluding hydrogens is 502 g/mol. The van der Waals surface area contributed by atoms with Crippen LogP contribution in [0.4, 0.5) is 4.39 Å². The van der Waals surface area contributed by atoms with Gasteiger partial charge in [-0.15, -0.1) is 24.0 Å². The van der Waals surface area contributed by atoms with Crippen LogP contribution < -0.4 is 20.1 Å². The van der Waals surface area contributed by atoms with Gasteiger partial charge in [-0.25, -0.2) is 9.38 Å². The van der Waals surface area contributed by atoms with Crippen LogP contribution >= 0.6 is 24.0 Å². The summed E-state index contributed by atoms with van der Waals surface area (Å²) in [6.45, 7) is 0.814. The van der Waals surface area contributed by atoms with Gasteiger partial charge in [0.05, 0.1) is 27.3 Å². The molecule has 0 aliphatic carbocycles. The van der Waals surface area contributed by atoms with Crippen molar-refractivity contribution in [3.8, 4) is 11.5 Å². The third-order valence-corrected chi connectivity index (χ3v) is 4.11. The number of nitrogens with one attached hydrogen (secondary N) is 2. The normalized spacial score (nSPS) is 10.6. The third-order valence-electron chi connectivity index (χ3n) is 4.11. The number of amides is 1. The van der Waals surface area contributed by atoms with Gasteiger partial charge in [0.15, 0.2) is 5.96 Å². The van der Waals surface area contributed by atoms with Gasteiger partial charge < -0.3 is 25.0 Å². The molecule has 2 aromatic carbocycles. The second-order valence-corrected chi connectivity index (χ2v) is 6.51. The highest BCUT2D eigenvalue weighted by Gasteiger charge is 2.07. The fraction of sp³-hybridized carbons (Fsp3) is 0.333. The molecule has 0 atom stereocenters. The number of ether oxygens (including phenoxy) is 2. The van der Waals surface area contributed by atoms with E-state index < -0.39 is 5.82 Å². The first-order valence-electron chi connectivity index (χ1n) is 9.10. The van der Waals surface area contributed by atoms with Crippen LogP contribution in [0.25, 0.3) is 0 Å². The van der Waals surface area contributed by atoms with Crippen molar-refractivity contribution >= 4 is 35.8 Å². The lowest BCUT2D eigenvalue weighted by atomic mass is 10.2. The number of benzene rings is 2. The maximum Gasteiger partial charge on any atom is 0.241 e. The van der Waals surface area contributed by atoms with Crippen molar-refractivity contribution in [3.63, 3.8) is 0 Å². The van der Waals surface area contributed by atoms with Crippen molar-refractivity contribution in [2.24, 2.45) is 4.99 Å². The van der Waals surface area contributed by atoms with E-state index in [1.165, 1.54) is 24.1 Å². The molecule has 0 aliphatic rings. The summed E-state index contributed by atoms with van der Waals surface area (Å²) in [5, 5.41) is 6.19. The maximum atomic E-state index is 13.7. The average molecular weight is 530 g/mol. The number of halogens is 2. The minimum absolute atomic E-state index is 0. The van der Waals surface area contributed by atoms with Crippen LogP contribution in [0.3, 0.4) is 0 Å². The number of likely N-dealkylation sites (N-methyl/N-ethyl adjacent to an activating group) is 1. The van der Waals surface area contributed by atoms with Gasteiger partial charge in [0, 0.05) is 26.7 Å². The van der Waals surface area contributed by atoms with Crippen molar-refractivity contribution in [1.82, 2.24) is 15.5 Å². The Hall–Kier alpha value is -2.56. The number of hydrogen-bond donors (Lipinski definition) is 2. The summed E-state index contributed by atoms with van der Waals surface area (Å²) >= 11 is 0. The van der Waals surface area contributed by atoms with Crippen molar-refractivity contribution in [1.29, 1.82) is 0 Å². The molecule has 7 nitrogen and oxygen atoms in total. The van der Waals surface area contributed by atoms with Gasteiger partial charge in [0.25, 0.3) is 0 Å². The zero-order valence-electron chi connectivity index (χ0n) is 17.6. The Morgan fingerprint density at radius 1 is 1.00 bits per heavy atom. The first-order chi connectivity index (χ1) is 13.9. The predicted octanol–water partition coefficient (Wildman–Crippen LogP) is 2.78. The molecule has 2 rings (SSSR count). The topological polar surface area (TPSA) is 75.2 Å². The number of carbonyl (C=O) groups excluding carboxylic acids is 1. The molecule has 0 radical (unpaired) electrons. The van der Waals surface area contributed by atoms with E-state index in [2.05, 4.69) is 15.6 Å². The number of nitrogens with zero attached hydrogens (tertiary/aromatic N) is 2. The Kier molecular flexibility index (Phi) is 10.9. The van der Waals surface area contributed by atoms with E-state index in [9.17, 15) is 9.18 Å². The monoisotopic (exact) mass is 530 g/mol.